The number of hydrogen-bond acceptors (Lipinski definition) is 4. The molecule has 1 aliphatic rings. The number of hydrogen-bond donors (Lipinski definition) is 1. The van der Waals surface area contributed by atoms with Gasteiger partial charge in [0.2, 0.25) is 11.7 Å². The van der Waals surface area contributed by atoms with Crippen molar-refractivity contribution in [3.63, 3.8) is 0 Å². The monoisotopic (exact) mass is 277 g/mol. The van der Waals surface area contributed by atoms with Crippen molar-refractivity contribution in [2.45, 2.75) is 12.3 Å². The third-order valence-corrected chi connectivity index (χ3v) is 3.86. The lowest BCUT2D eigenvalue weighted by Gasteiger charge is -2.23. The molecular formula is C17H15N3O. The smallest absolute Gasteiger partial charge is 0.234 e. The minimum atomic E-state index is 0.174. The number of rotatable bonds is 2. The van der Waals surface area contributed by atoms with Crippen molar-refractivity contribution in [2.75, 3.05) is 11.9 Å². The van der Waals surface area contributed by atoms with E-state index in [0.29, 0.717) is 11.7 Å². The van der Waals surface area contributed by atoms with E-state index in [0.717, 1.165) is 24.2 Å². The van der Waals surface area contributed by atoms with Crippen molar-refractivity contribution in [1.29, 1.82) is 0 Å². The zero-order chi connectivity index (χ0) is 14.1. The van der Waals surface area contributed by atoms with Gasteiger partial charge in [-0.3, -0.25) is 0 Å². The highest BCUT2D eigenvalue weighted by Gasteiger charge is 2.26. The molecule has 0 saturated heterocycles. The van der Waals surface area contributed by atoms with E-state index in [1.165, 1.54) is 5.56 Å². The third kappa shape index (κ3) is 2.18. The summed E-state index contributed by atoms with van der Waals surface area (Å²) in [6.45, 7) is 0.921. The molecule has 21 heavy (non-hydrogen) atoms. The van der Waals surface area contributed by atoms with E-state index >= 15 is 0 Å². The van der Waals surface area contributed by atoms with Crippen LogP contribution in [0.15, 0.2) is 59.1 Å². The maximum Gasteiger partial charge on any atom is 0.234 e. The van der Waals surface area contributed by atoms with Crippen LogP contribution in [0.4, 0.5) is 5.69 Å². The minimum absolute atomic E-state index is 0.174. The van der Waals surface area contributed by atoms with Crippen LogP contribution in [0.25, 0.3) is 11.4 Å². The summed E-state index contributed by atoms with van der Waals surface area (Å²) in [5.74, 6) is 1.52. The zero-order valence-electron chi connectivity index (χ0n) is 11.5. The number of benzene rings is 2. The van der Waals surface area contributed by atoms with Gasteiger partial charge in [0.05, 0.1) is 5.92 Å². The Bertz CT molecular complexity index is 751. The van der Waals surface area contributed by atoms with E-state index in [9.17, 15) is 0 Å². The maximum atomic E-state index is 5.53. The van der Waals surface area contributed by atoms with Crippen molar-refractivity contribution in [2.24, 2.45) is 0 Å². The molecule has 2 heterocycles. The minimum Gasteiger partial charge on any atom is -0.385 e. The summed E-state index contributed by atoms with van der Waals surface area (Å²) in [4.78, 5) is 4.60. The lowest BCUT2D eigenvalue weighted by Crippen LogP contribution is -2.17. The molecule has 0 radical (unpaired) electrons. The Balaban J connectivity index is 1.71. The summed E-state index contributed by atoms with van der Waals surface area (Å²) in [5.41, 5.74) is 3.37. The number of para-hydroxylation sites is 1. The second-order valence-electron chi connectivity index (χ2n) is 5.18. The first-order chi connectivity index (χ1) is 10.4. The van der Waals surface area contributed by atoms with Gasteiger partial charge in [0.25, 0.3) is 0 Å². The molecule has 1 aromatic heterocycles. The van der Waals surface area contributed by atoms with Gasteiger partial charge in [-0.05, 0) is 18.1 Å². The van der Waals surface area contributed by atoms with Gasteiger partial charge in [-0.25, -0.2) is 0 Å². The molecule has 104 valence electrons. The standard InChI is InChI=1S/C17H15N3O/c1-2-6-12(7-3-1)16-19-17(21-20-16)14-10-11-18-15-9-5-4-8-13(14)15/h1-9,14,18H,10-11H2. The lowest BCUT2D eigenvalue weighted by molar-refractivity contribution is 0.361. The predicted molar refractivity (Wildman–Crippen MR) is 81.1 cm³/mol. The number of nitrogens with zero attached hydrogens (tertiary/aromatic N) is 2. The van der Waals surface area contributed by atoms with E-state index in [-0.39, 0.29) is 5.92 Å². The predicted octanol–water partition coefficient (Wildman–Crippen LogP) is 3.68. The number of nitrogens with one attached hydrogen (secondary N) is 1. The second-order valence-corrected chi connectivity index (χ2v) is 5.18. The van der Waals surface area contributed by atoms with Crippen molar-refractivity contribution < 1.29 is 4.52 Å². The van der Waals surface area contributed by atoms with Gasteiger partial charge >= 0.3 is 0 Å². The van der Waals surface area contributed by atoms with E-state index in [1.54, 1.807) is 0 Å². The molecule has 3 aromatic rings. The van der Waals surface area contributed by atoms with Crippen LogP contribution in [-0.4, -0.2) is 16.7 Å². The van der Waals surface area contributed by atoms with Crippen LogP contribution in [0.2, 0.25) is 0 Å². The van der Waals surface area contributed by atoms with Gasteiger partial charge in [-0.1, -0.05) is 53.7 Å². The molecule has 4 rings (SSSR count). The number of anilines is 1. The molecule has 1 atom stereocenters. The van der Waals surface area contributed by atoms with Crippen molar-refractivity contribution in [3.8, 4) is 11.4 Å². The molecule has 1 unspecified atom stereocenters. The summed E-state index contributed by atoms with van der Waals surface area (Å²) in [6, 6.07) is 18.2. The number of fused-ring (bicyclic) bond motifs is 1. The van der Waals surface area contributed by atoms with E-state index in [4.69, 9.17) is 4.52 Å². The summed E-state index contributed by atoms with van der Waals surface area (Å²) in [5, 5.41) is 7.54. The van der Waals surface area contributed by atoms with Crippen LogP contribution >= 0.6 is 0 Å². The molecule has 0 amide bonds. The summed E-state index contributed by atoms with van der Waals surface area (Å²) in [6.07, 6.45) is 0.966. The Kier molecular flexibility index (Phi) is 2.92. The van der Waals surface area contributed by atoms with Crippen LogP contribution in [0.3, 0.4) is 0 Å². The van der Waals surface area contributed by atoms with E-state index in [1.807, 2.05) is 42.5 Å². The molecule has 0 fully saturated rings. The molecule has 0 bridgehead atoms. The van der Waals surface area contributed by atoms with Gasteiger partial charge in [0, 0.05) is 17.8 Å². The first kappa shape index (κ1) is 12.1. The van der Waals surface area contributed by atoms with Crippen LogP contribution < -0.4 is 5.32 Å². The Morgan fingerprint density at radius 3 is 2.71 bits per heavy atom. The van der Waals surface area contributed by atoms with Gasteiger partial charge in [-0.15, -0.1) is 0 Å². The SMILES string of the molecule is c1ccc(-c2noc(C3CCNc4ccccc43)n2)cc1. The fourth-order valence-corrected chi connectivity index (χ4v) is 2.81. The molecular weight excluding hydrogens is 262 g/mol. The lowest BCUT2D eigenvalue weighted by atomic mass is 9.91. The van der Waals surface area contributed by atoms with Crippen LogP contribution in [0, 0.1) is 0 Å². The topological polar surface area (TPSA) is 51.0 Å². The molecule has 0 aliphatic carbocycles. The first-order valence-corrected chi connectivity index (χ1v) is 7.13. The molecule has 0 saturated carbocycles. The fourth-order valence-electron chi connectivity index (χ4n) is 2.81. The van der Waals surface area contributed by atoms with Gasteiger partial charge in [0.15, 0.2) is 0 Å². The van der Waals surface area contributed by atoms with Crippen LogP contribution in [0.1, 0.15) is 23.8 Å². The summed E-state index contributed by atoms with van der Waals surface area (Å²) < 4.78 is 5.53. The Morgan fingerprint density at radius 2 is 1.81 bits per heavy atom. The first-order valence-electron chi connectivity index (χ1n) is 7.13. The molecule has 2 aromatic carbocycles. The normalized spacial score (nSPS) is 17.0. The molecule has 4 nitrogen and oxygen atoms in total. The molecule has 4 heteroatoms. The van der Waals surface area contributed by atoms with Gasteiger partial charge < -0.3 is 9.84 Å². The van der Waals surface area contributed by atoms with Crippen LogP contribution in [-0.2, 0) is 0 Å². The van der Waals surface area contributed by atoms with E-state index < -0.39 is 0 Å². The third-order valence-electron chi connectivity index (χ3n) is 3.86. The quantitative estimate of drug-likeness (QED) is 0.776. The Labute approximate surface area is 122 Å². The van der Waals surface area contributed by atoms with Crippen molar-refractivity contribution in [3.05, 3.63) is 66.1 Å². The molecule has 1 N–H and O–H groups in total. The second kappa shape index (κ2) is 5.05. The fraction of sp³-hybridized carbons (Fsp3) is 0.176. The molecule has 1 aliphatic heterocycles. The largest absolute Gasteiger partial charge is 0.385 e. The summed E-state index contributed by atoms with van der Waals surface area (Å²) in [7, 11) is 0. The van der Waals surface area contributed by atoms with Gasteiger partial charge in [0.1, 0.15) is 0 Å². The number of aromatic nitrogens is 2. The maximum absolute atomic E-state index is 5.53. The van der Waals surface area contributed by atoms with E-state index in [2.05, 4.69) is 27.6 Å². The highest BCUT2D eigenvalue weighted by Crippen LogP contribution is 2.36. The van der Waals surface area contributed by atoms with Crippen molar-refractivity contribution in [1.82, 2.24) is 10.1 Å². The summed E-state index contributed by atoms with van der Waals surface area (Å²) >= 11 is 0. The molecule has 0 spiro atoms. The highest BCUT2D eigenvalue weighted by atomic mass is 16.5. The Morgan fingerprint density at radius 1 is 1.00 bits per heavy atom. The van der Waals surface area contributed by atoms with Crippen LogP contribution in [0.5, 0.6) is 0 Å². The van der Waals surface area contributed by atoms with Crippen molar-refractivity contribution >= 4 is 5.69 Å². The average Bonchev–Trinajstić information content (AvgIpc) is 3.05. The highest BCUT2D eigenvalue weighted by molar-refractivity contribution is 5.57. The Hall–Kier alpha value is -2.62. The van der Waals surface area contributed by atoms with Gasteiger partial charge in [-0.2, -0.15) is 4.98 Å². The average molecular weight is 277 g/mol. The zero-order valence-corrected chi connectivity index (χ0v) is 11.5.